The third-order valence-electron chi connectivity index (χ3n) is 4.43. The van der Waals surface area contributed by atoms with E-state index in [-0.39, 0.29) is 25.2 Å². The fraction of sp³-hybridized carbons (Fsp3) is 0.684. The zero-order valence-corrected chi connectivity index (χ0v) is 18.7. The van der Waals surface area contributed by atoms with Crippen molar-refractivity contribution in [3.05, 3.63) is 0 Å². The predicted octanol–water partition coefficient (Wildman–Crippen LogP) is -2.98. The maximum atomic E-state index is 12.6. The summed E-state index contributed by atoms with van der Waals surface area (Å²) in [6.45, 7) is 4.61. The molecule has 0 aliphatic heterocycles. The normalized spacial score (nSPS) is 15.5. The van der Waals surface area contributed by atoms with Crippen LogP contribution in [0.4, 0.5) is 0 Å². The molecule has 0 saturated heterocycles. The van der Waals surface area contributed by atoms with Crippen molar-refractivity contribution in [3.63, 3.8) is 0 Å². The first-order chi connectivity index (χ1) is 15.1. The fourth-order valence-electron chi connectivity index (χ4n) is 2.70. The van der Waals surface area contributed by atoms with E-state index in [0.29, 0.717) is 0 Å². The van der Waals surface area contributed by atoms with E-state index in [0.717, 1.165) is 6.92 Å². The predicted molar refractivity (Wildman–Crippen MR) is 113 cm³/mol. The van der Waals surface area contributed by atoms with Gasteiger partial charge < -0.3 is 42.7 Å². The van der Waals surface area contributed by atoms with Crippen LogP contribution in [0.3, 0.4) is 0 Å². The summed E-state index contributed by atoms with van der Waals surface area (Å²) in [5, 5.41) is 34.7. The number of carboxylic acid groups (broad SMARTS) is 2. The van der Waals surface area contributed by atoms with Gasteiger partial charge in [0.1, 0.15) is 18.1 Å². The standard InChI is InChI=1S/C19H33N5O9/c1-8(2)6-12(19(32)33)23-17(30)11(7-14(27)28)22-18(31)15(9(3)25)24-16(29)10(20)4-5-13(21)26/h8-12,15,25H,4-7,20H2,1-3H3,(H2,21,26)(H,22,31)(H,23,30)(H,24,29)(H,27,28)(H,32,33). The van der Waals surface area contributed by atoms with Gasteiger partial charge in [-0.05, 0) is 25.7 Å². The minimum absolute atomic E-state index is 0.0599. The van der Waals surface area contributed by atoms with Gasteiger partial charge in [0.2, 0.25) is 23.6 Å². The molecule has 14 nitrogen and oxygen atoms in total. The molecular formula is C19H33N5O9. The Kier molecular flexibility index (Phi) is 12.6. The molecule has 4 amide bonds. The maximum absolute atomic E-state index is 12.6. The van der Waals surface area contributed by atoms with E-state index >= 15 is 0 Å². The number of rotatable bonds is 15. The maximum Gasteiger partial charge on any atom is 0.326 e. The number of aliphatic carboxylic acids is 2. The first-order valence-electron chi connectivity index (χ1n) is 10.2. The van der Waals surface area contributed by atoms with E-state index in [4.69, 9.17) is 16.6 Å². The van der Waals surface area contributed by atoms with Crippen molar-refractivity contribution in [1.29, 1.82) is 0 Å². The van der Waals surface area contributed by atoms with Gasteiger partial charge in [-0.25, -0.2) is 4.79 Å². The molecule has 0 rings (SSSR count). The molecule has 0 aliphatic carbocycles. The molecule has 0 saturated carbocycles. The van der Waals surface area contributed by atoms with Crippen molar-refractivity contribution in [2.75, 3.05) is 0 Å². The second-order valence-corrected chi connectivity index (χ2v) is 8.03. The highest BCUT2D eigenvalue weighted by molar-refractivity contribution is 5.95. The van der Waals surface area contributed by atoms with E-state index in [9.17, 15) is 39.0 Å². The second-order valence-electron chi connectivity index (χ2n) is 8.03. The summed E-state index contributed by atoms with van der Waals surface area (Å²) < 4.78 is 0. The molecule has 0 aromatic rings. The van der Waals surface area contributed by atoms with Gasteiger partial charge in [0.05, 0.1) is 18.6 Å². The minimum atomic E-state index is -1.69. The van der Waals surface area contributed by atoms with E-state index < -0.39 is 72.3 Å². The highest BCUT2D eigenvalue weighted by atomic mass is 16.4. The van der Waals surface area contributed by atoms with Crippen LogP contribution in [0.25, 0.3) is 0 Å². The van der Waals surface area contributed by atoms with Crippen LogP contribution in [-0.2, 0) is 28.8 Å². The Morgan fingerprint density at radius 1 is 0.848 bits per heavy atom. The number of hydrogen-bond acceptors (Lipinski definition) is 8. The van der Waals surface area contributed by atoms with Crippen LogP contribution in [0, 0.1) is 5.92 Å². The summed E-state index contributed by atoms with van der Waals surface area (Å²) in [6.07, 6.45) is -2.61. The van der Waals surface area contributed by atoms with Crippen LogP contribution in [-0.4, -0.2) is 81.2 Å². The smallest absolute Gasteiger partial charge is 0.326 e. The van der Waals surface area contributed by atoms with Gasteiger partial charge in [-0.15, -0.1) is 0 Å². The lowest BCUT2D eigenvalue weighted by Gasteiger charge is -2.26. The molecular weight excluding hydrogens is 442 g/mol. The van der Waals surface area contributed by atoms with Crippen molar-refractivity contribution in [3.8, 4) is 0 Å². The number of hydrogen-bond donors (Lipinski definition) is 8. The van der Waals surface area contributed by atoms with E-state index in [1.54, 1.807) is 13.8 Å². The third-order valence-corrected chi connectivity index (χ3v) is 4.43. The lowest BCUT2D eigenvalue weighted by molar-refractivity contribution is -0.144. The first kappa shape index (κ1) is 29.7. The molecule has 5 atom stereocenters. The second kappa shape index (κ2) is 14.0. The van der Waals surface area contributed by atoms with Gasteiger partial charge in [-0.1, -0.05) is 13.8 Å². The summed E-state index contributed by atoms with van der Waals surface area (Å²) >= 11 is 0. The van der Waals surface area contributed by atoms with Crippen molar-refractivity contribution < 1.29 is 44.1 Å². The monoisotopic (exact) mass is 475 g/mol. The molecule has 5 unspecified atom stereocenters. The molecule has 0 aromatic heterocycles. The number of primary amides is 1. The molecule has 10 N–H and O–H groups in total. The number of carbonyl (C=O) groups is 6. The Hall–Kier alpha value is -3.26. The molecule has 0 heterocycles. The first-order valence-corrected chi connectivity index (χ1v) is 10.2. The summed E-state index contributed by atoms with van der Waals surface area (Å²) in [4.78, 5) is 70.7. The van der Waals surface area contributed by atoms with Crippen molar-refractivity contribution in [2.24, 2.45) is 17.4 Å². The Bertz CT molecular complexity index is 741. The van der Waals surface area contributed by atoms with Gasteiger partial charge in [-0.3, -0.25) is 24.0 Å². The number of aliphatic hydroxyl groups excluding tert-OH is 1. The quantitative estimate of drug-likeness (QED) is 0.119. The SMILES string of the molecule is CC(C)CC(NC(=O)C(CC(=O)O)NC(=O)C(NC(=O)C(N)CCC(N)=O)C(C)O)C(=O)O. The largest absolute Gasteiger partial charge is 0.481 e. The Morgan fingerprint density at radius 3 is 1.82 bits per heavy atom. The summed E-state index contributed by atoms with van der Waals surface area (Å²) in [5.41, 5.74) is 10.6. The van der Waals surface area contributed by atoms with Crippen LogP contribution in [0.2, 0.25) is 0 Å². The highest BCUT2D eigenvalue weighted by Gasteiger charge is 2.33. The molecule has 33 heavy (non-hydrogen) atoms. The highest BCUT2D eigenvalue weighted by Crippen LogP contribution is 2.07. The zero-order chi connectivity index (χ0) is 25.9. The number of nitrogens with two attached hydrogens (primary N) is 2. The molecule has 0 spiro atoms. The lowest BCUT2D eigenvalue weighted by atomic mass is 10.0. The Balaban J connectivity index is 5.42. The van der Waals surface area contributed by atoms with E-state index in [1.165, 1.54) is 0 Å². The Morgan fingerprint density at radius 2 is 1.39 bits per heavy atom. The lowest BCUT2D eigenvalue weighted by Crippen LogP contribution is -2.60. The van der Waals surface area contributed by atoms with Gasteiger partial charge >= 0.3 is 11.9 Å². The average Bonchev–Trinajstić information content (AvgIpc) is 2.67. The zero-order valence-electron chi connectivity index (χ0n) is 18.7. The average molecular weight is 475 g/mol. The molecule has 0 aromatic carbocycles. The minimum Gasteiger partial charge on any atom is -0.481 e. The number of carboxylic acids is 2. The van der Waals surface area contributed by atoms with Crippen LogP contribution < -0.4 is 27.4 Å². The number of carbonyl (C=O) groups excluding carboxylic acids is 4. The summed E-state index contributed by atoms with van der Waals surface area (Å²) in [6, 6.07) is -5.85. The molecule has 0 fully saturated rings. The van der Waals surface area contributed by atoms with Crippen molar-refractivity contribution in [1.82, 2.24) is 16.0 Å². The molecule has 14 heteroatoms. The molecule has 0 aliphatic rings. The summed E-state index contributed by atoms with van der Waals surface area (Å²) in [7, 11) is 0. The molecule has 0 bridgehead atoms. The van der Waals surface area contributed by atoms with Crippen LogP contribution in [0.15, 0.2) is 0 Å². The number of amides is 4. The van der Waals surface area contributed by atoms with Gasteiger partial charge in [0, 0.05) is 6.42 Å². The van der Waals surface area contributed by atoms with Gasteiger partial charge in [-0.2, -0.15) is 0 Å². The fourth-order valence-corrected chi connectivity index (χ4v) is 2.70. The molecule has 188 valence electrons. The van der Waals surface area contributed by atoms with Crippen molar-refractivity contribution >= 4 is 35.6 Å². The van der Waals surface area contributed by atoms with E-state index in [2.05, 4.69) is 16.0 Å². The van der Waals surface area contributed by atoms with Gasteiger partial charge in [0.15, 0.2) is 0 Å². The van der Waals surface area contributed by atoms with Crippen molar-refractivity contribution in [2.45, 2.75) is 76.7 Å². The van der Waals surface area contributed by atoms with Crippen LogP contribution >= 0.6 is 0 Å². The van der Waals surface area contributed by atoms with Crippen LogP contribution in [0.5, 0.6) is 0 Å². The van der Waals surface area contributed by atoms with Crippen LogP contribution in [0.1, 0.15) is 46.5 Å². The topological polar surface area (TPSA) is 251 Å². The van der Waals surface area contributed by atoms with Gasteiger partial charge in [0.25, 0.3) is 0 Å². The molecule has 0 radical (unpaired) electrons. The number of aliphatic hydroxyl groups is 1. The number of nitrogens with one attached hydrogen (secondary N) is 3. The Labute approximate surface area is 190 Å². The third kappa shape index (κ3) is 11.8. The van der Waals surface area contributed by atoms with E-state index in [1.807, 2.05) is 0 Å². The summed E-state index contributed by atoms with van der Waals surface area (Å²) in [5.74, 6) is -6.64.